The minimum atomic E-state index is -3.65. The van der Waals surface area contributed by atoms with E-state index >= 15 is 0 Å². The molecule has 0 unspecified atom stereocenters. The van der Waals surface area contributed by atoms with Crippen LogP contribution in [0.2, 0.25) is 0 Å². The van der Waals surface area contributed by atoms with Crippen molar-refractivity contribution in [1.29, 1.82) is 5.26 Å². The Morgan fingerprint density at radius 1 is 1.00 bits per heavy atom. The number of nitriles is 1. The summed E-state index contributed by atoms with van der Waals surface area (Å²) in [5, 5.41) is 10.0. The van der Waals surface area contributed by atoms with Crippen LogP contribution in [-0.4, -0.2) is 8.42 Å². The molecule has 0 aliphatic carbocycles. The van der Waals surface area contributed by atoms with Gasteiger partial charge in [-0.25, -0.2) is 8.42 Å². The summed E-state index contributed by atoms with van der Waals surface area (Å²) in [5.74, 6) is 0. The Morgan fingerprint density at radius 3 is 2.35 bits per heavy atom. The fraction of sp³-hybridized carbons (Fsp3) is 0. The van der Waals surface area contributed by atoms with Gasteiger partial charge in [0.15, 0.2) is 0 Å². The van der Waals surface area contributed by atoms with E-state index in [-0.39, 0.29) is 11.3 Å². The SMILES string of the molecule is N#Cc1ccccc1NS(=O)(=O)C=Cc1ccccc1. The van der Waals surface area contributed by atoms with Gasteiger partial charge in [0.2, 0.25) is 0 Å². The molecule has 1 N–H and O–H groups in total. The molecule has 20 heavy (non-hydrogen) atoms. The third kappa shape index (κ3) is 3.70. The highest BCUT2D eigenvalue weighted by Gasteiger charge is 2.08. The number of hydrogen-bond acceptors (Lipinski definition) is 3. The van der Waals surface area contributed by atoms with E-state index in [0.717, 1.165) is 11.0 Å². The molecule has 2 aromatic carbocycles. The normalized spacial score (nSPS) is 11.2. The van der Waals surface area contributed by atoms with Gasteiger partial charge < -0.3 is 0 Å². The topological polar surface area (TPSA) is 70.0 Å². The third-order valence-electron chi connectivity index (χ3n) is 2.54. The Bertz CT molecular complexity index is 760. The molecule has 100 valence electrons. The zero-order valence-electron chi connectivity index (χ0n) is 10.5. The molecule has 0 spiro atoms. The maximum absolute atomic E-state index is 11.9. The molecule has 0 atom stereocenters. The first kappa shape index (κ1) is 13.8. The van der Waals surface area contributed by atoms with Crippen LogP contribution >= 0.6 is 0 Å². The molecule has 0 bridgehead atoms. The summed E-state index contributed by atoms with van der Waals surface area (Å²) in [4.78, 5) is 0. The Hall–Kier alpha value is -2.58. The van der Waals surface area contributed by atoms with Crippen molar-refractivity contribution in [2.24, 2.45) is 0 Å². The van der Waals surface area contributed by atoms with E-state index in [1.54, 1.807) is 36.4 Å². The molecule has 0 amide bonds. The van der Waals surface area contributed by atoms with E-state index in [1.165, 1.54) is 6.08 Å². The van der Waals surface area contributed by atoms with Gasteiger partial charge in [0.05, 0.1) is 16.7 Å². The van der Waals surface area contributed by atoms with Gasteiger partial charge >= 0.3 is 0 Å². The van der Waals surface area contributed by atoms with Crippen LogP contribution in [0.25, 0.3) is 6.08 Å². The van der Waals surface area contributed by atoms with Crippen molar-refractivity contribution in [3.05, 3.63) is 71.1 Å². The summed E-state index contributed by atoms with van der Waals surface area (Å²) < 4.78 is 26.2. The van der Waals surface area contributed by atoms with Crippen molar-refractivity contribution in [2.75, 3.05) is 4.72 Å². The molecular weight excluding hydrogens is 272 g/mol. The average Bonchev–Trinajstić information content (AvgIpc) is 2.47. The predicted molar refractivity (Wildman–Crippen MR) is 79.2 cm³/mol. The lowest BCUT2D eigenvalue weighted by atomic mass is 10.2. The summed E-state index contributed by atoms with van der Waals surface area (Å²) >= 11 is 0. The standard InChI is InChI=1S/C15H12N2O2S/c16-12-14-8-4-5-9-15(14)17-20(18,19)11-10-13-6-2-1-3-7-13/h1-11,17H. The molecular formula is C15H12N2O2S. The van der Waals surface area contributed by atoms with E-state index < -0.39 is 10.0 Å². The minimum absolute atomic E-state index is 0.271. The van der Waals surface area contributed by atoms with Gasteiger partial charge in [0.1, 0.15) is 6.07 Å². The highest BCUT2D eigenvalue weighted by atomic mass is 32.2. The summed E-state index contributed by atoms with van der Waals surface area (Å²) in [6, 6.07) is 17.5. The van der Waals surface area contributed by atoms with Crippen LogP contribution in [-0.2, 0) is 10.0 Å². The van der Waals surface area contributed by atoms with Gasteiger partial charge in [-0.05, 0) is 23.8 Å². The zero-order valence-corrected chi connectivity index (χ0v) is 11.3. The van der Waals surface area contributed by atoms with E-state index in [2.05, 4.69) is 4.72 Å². The smallest absolute Gasteiger partial charge is 0.255 e. The summed E-state index contributed by atoms with van der Waals surface area (Å²) in [5.41, 5.74) is 1.34. The molecule has 0 aliphatic heterocycles. The first-order valence-electron chi connectivity index (χ1n) is 5.86. The Labute approximate surface area is 118 Å². The van der Waals surface area contributed by atoms with Crippen molar-refractivity contribution >= 4 is 21.8 Å². The van der Waals surface area contributed by atoms with E-state index in [4.69, 9.17) is 5.26 Å². The molecule has 5 heteroatoms. The molecule has 0 fully saturated rings. The zero-order chi connectivity index (χ0) is 14.4. The molecule has 0 aromatic heterocycles. The summed E-state index contributed by atoms with van der Waals surface area (Å²) in [7, 11) is -3.65. The first-order valence-corrected chi connectivity index (χ1v) is 7.40. The van der Waals surface area contributed by atoms with E-state index in [1.807, 2.05) is 24.3 Å². The maximum atomic E-state index is 11.9. The van der Waals surface area contributed by atoms with Crippen molar-refractivity contribution in [1.82, 2.24) is 0 Å². The van der Waals surface area contributed by atoms with E-state index in [0.29, 0.717) is 0 Å². The number of hydrogen-bond donors (Lipinski definition) is 1. The molecule has 4 nitrogen and oxygen atoms in total. The van der Waals surface area contributed by atoms with Crippen molar-refractivity contribution in [3.8, 4) is 6.07 Å². The van der Waals surface area contributed by atoms with Crippen LogP contribution < -0.4 is 4.72 Å². The molecule has 0 heterocycles. The Morgan fingerprint density at radius 2 is 1.65 bits per heavy atom. The van der Waals surface area contributed by atoms with E-state index in [9.17, 15) is 8.42 Å². The number of sulfonamides is 1. The van der Waals surface area contributed by atoms with Crippen molar-refractivity contribution in [2.45, 2.75) is 0 Å². The number of para-hydroxylation sites is 1. The second-order valence-electron chi connectivity index (χ2n) is 4.02. The third-order valence-corrected chi connectivity index (χ3v) is 3.54. The van der Waals surface area contributed by atoms with Crippen molar-refractivity contribution in [3.63, 3.8) is 0 Å². The van der Waals surface area contributed by atoms with Crippen LogP contribution in [0, 0.1) is 11.3 Å². The Balaban J connectivity index is 2.20. The fourth-order valence-electron chi connectivity index (χ4n) is 1.59. The number of nitrogens with one attached hydrogen (secondary N) is 1. The molecule has 0 aliphatic rings. The van der Waals surface area contributed by atoms with Crippen LogP contribution in [0.4, 0.5) is 5.69 Å². The quantitative estimate of drug-likeness (QED) is 0.938. The molecule has 0 radical (unpaired) electrons. The highest BCUT2D eigenvalue weighted by molar-refractivity contribution is 7.95. The van der Waals surface area contributed by atoms with Gasteiger partial charge in [-0.2, -0.15) is 5.26 Å². The van der Waals surface area contributed by atoms with Gasteiger partial charge in [-0.1, -0.05) is 42.5 Å². The minimum Gasteiger partial charge on any atom is -0.279 e. The number of benzene rings is 2. The second kappa shape index (κ2) is 6.04. The molecule has 0 saturated carbocycles. The molecule has 2 aromatic rings. The summed E-state index contributed by atoms with van der Waals surface area (Å²) in [6.07, 6.45) is 1.50. The lowest BCUT2D eigenvalue weighted by molar-refractivity contribution is 0.609. The van der Waals surface area contributed by atoms with Gasteiger partial charge in [-0.15, -0.1) is 0 Å². The molecule has 0 saturated heterocycles. The Kier molecular flexibility index (Phi) is 4.18. The van der Waals surface area contributed by atoms with Gasteiger partial charge in [0, 0.05) is 0 Å². The largest absolute Gasteiger partial charge is 0.279 e. The second-order valence-corrected chi connectivity index (χ2v) is 5.58. The monoisotopic (exact) mass is 284 g/mol. The van der Waals surface area contributed by atoms with Gasteiger partial charge in [0.25, 0.3) is 10.0 Å². The summed E-state index contributed by atoms with van der Waals surface area (Å²) in [6.45, 7) is 0. The van der Waals surface area contributed by atoms with Gasteiger partial charge in [-0.3, -0.25) is 4.72 Å². The van der Waals surface area contributed by atoms with Crippen molar-refractivity contribution < 1.29 is 8.42 Å². The van der Waals surface area contributed by atoms with Crippen LogP contribution in [0.1, 0.15) is 11.1 Å². The lowest BCUT2D eigenvalue weighted by Gasteiger charge is -2.05. The number of nitrogens with zero attached hydrogens (tertiary/aromatic N) is 1. The molecule has 2 rings (SSSR count). The first-order chi connectivity index (χ1) is 9.61. The number of rotatable bonds is 4. The predicted octanol–water partition coefficient (Wildman–Crippen LogP) is 2.97. The highest BCUT2D eigenvalue weighted by Crippen LogP contribution is 2.16. The van der Waals surface area contributed by atoms with Crippen LogP contribution in [0.3, 0.4) is 0 Å². The van der Waals surface area contributed by atoms with Crippen LogP contribution in [0.15, 0.2) is 60.0 Å². The average molecular weight is 284 g/mol. The van der Waals surface area contributed by atoms with Crippen LogP contribution in [0.5, 0.6) is 0 Å². The maximum Gasteiger partial charge on any atom is 0.255 e. The fourth-order valence-corrected chi connectivity index (χ4v) is 2.48. The number of anilines is 1. The lowest BCUT2D eigenvalue weighted by Crippen LogP contribution is -2.09.